The normalized spacial score (nSPS) is 17.7. The van der Waals surface area contributed by atoms with Crippen LogP contribution < -0.4 is 10.2 Å². The summed E-state index contributed by atoms with van der Waals surface area (Å²) in [4.78, 5) is 17.1. The first-order valence-electron chi connectivity index (χ1n) is 10.2. The highest BCUT2D eigenvalue weighted by Crippen LogP contribution is 2.43. The van der Waals surface area contributed by atoms with E-state index >= 15 is 0 Å². The molecule has 7 nitrogen and oxygen atoms in total. The molecule has 0 unspecified atom stereocenters. The molecule has 164 valence electrons. The van der Waals surface area contributed by atoms with Crippen LogP contribution >= 0.6 is 12.2 Å². The molecule has 1 fully saturated rings. The van der Waals surface area contributed by atoms with Crippen LogP contribution in [0, 0.1) is 15.9 Å². The van der Waals surface area contributed by atoms with E-state index in [0.717, 1.165) is 11.4 Å². The van der Waals surface area contributed by atoms with Crippen molar-refractivity contribution >= 4 is 28.7 Å². The minimum absolute atomic E-state index is 0.0144. The molecule has 0 saturated carbocycles. The smallest absolute Gasteiger partial charge is 0.271 e. The number of nitrogens with zero attached hydrogens (tertiary/aromatic N) is 4. The number of non-ortho nitro benzene ring substituents is 1. The minimum Gasteiger partial charge on any atom is -0.351 e. The number of hydrogen-bond donors (Lipinski definition) is 1. The van der Waals surface area contributed by atoms with Gasteiger partial charge >= 0.3 is 0 Å². The SMILES string of the molecule is O=[N+]([O-])c1cccc(-n2cccc2[C@@H]2[C@@H](c3ccccn3)NC(=S)N2c2ccccc2F)c1. The van der Waals surface area contributed by atoms with E-state index in [2.05, 4.69) is 10.3 Å². The van der Waals surface area contributed by atoms with Gasteiger partial charge < -0.3 is 14.8 Å². The van der Waals surface area contributed by atoms with Crippen molar-refractivity contribution in [3.8, 4) is 5.69 Å². The Kier molecular flexibility index (Phi) is 5.31. The minimum atomic E-state index is -0.460. The lowest BCUT2D eigenvalue weighted by Crippen LogP contribution is -2.31. The van der Waals surface area contributed by atoms with Crippen molar-refractivity contribution < 1.29 is 9.31 Å². The van der Waals surface area contributed by atoms with Crippen molar-refractivity contribution in [3.05, 3.63) is 119 Å². The maximum absolute atomic E-state index is 14.9. The van der Waals surface area contributed by atoms with Gasteiger partial charge in [0.2, 0.25) is 0 Å². The van der Waals surface area contributed by atoms with Gasteiger partial charge in [0.05, 0.1) is 28.0 Å². The Morgan fingerprint density at radius 1 is 1.03 bits per heavy atom. The molecule has 1 aliphatic rings. The second-order valence-electron chi connectivity index (χ2n) is 7.53. The number of hydrogen-bond acceptors (Lipinski definition) is 4. The van der Waals surface area contributed by atoms with Gasteiger partial charge in [-0.05, 0) is 54.7 Å². The Hall–Kier alpha value is -4.11. The molecule has 1 N–H and O–H groups in total. The fourth-order valence-corrected chi connectivity index (χ4v) is 4.53. The topological polar surface area (TPSA) is 76.2 Å². The lowest BCUT2D eigenvalue weighted by atomic mass is 10.0. The maximum Gasteiger partial charge on any atom is 0.271 e. The van der Waals surface area contributed by atoms with Crippen LogP contribution in [0.2, 0.25) is 0 Å². The number of benzene rings is 2. The molecule has 4 aromatic rings. The van der Waals surface area contributed by atoms with Crippen molar-refractivity contribution in [2.45, 2.75) is 12.1 Å². The Bertz CT molecular complexity index is 1340. The summed E-state index contributed by atoms with van der Waals surface area (Å²) in [6.07, 6.45) is 3.52. The first kappa shape index (κ1) is 20.8. The number of rotatable bonds is 5. The van der Waals surface area contributed by atoms with Crippen LogP contribution in [0.3, 0.4) is 0 Å². The molecule has 0 radical (unpaired) electrons. The Labute approximate surface area is 194 Å². The number of nitro groups is 1. The summed E-state index contributed by atoms with van der Waals surface area (Å²) in [5.41, 5.74) is 2.47. The molecular weight excluding hydrogens is 441 g/mol. The zero-order valence-corrected chi connectivity index (χ0v) is 18.0. The Morgan fingerprint density at radius 3 is 2.61 bits per heavy atom. The van der Waals surface area contributed by atoms with Gasteiger partial charge in [-0.2, -0.15) is 0 Å². The quantitative estimate of drug-likeness (QED) is 0.254. The van der Waals surface area contributed by atoms with Gasteiger partial charge in [0.25, 0.3) is 5.69 Å². The van der Waals surface area contributed by atoms with Crippen LogP contribution in [0.5, 0.6) is 0 Å². The monoisotopic (exact) mass is 459 g/mol. The average molecular weight is 460 g/mol. The van der Waals surface area contributed by atoms with E-state index in [1.54, 1.807) is 41.4 Å². The average Bonchev–Trinajstić information content (AvgIpc) is 3.44. The van der Waals surface area contributed by atoms with Gasteiger partial charge in [-0.15, -0.1) is 0 Å². The first-order valence-corrected chi connectivity index (χ1v) is 10.6. The van der Waals surface area contributed by atoms with Crippen LogP contribution in [0.1, 0.15) is 23.5 Å². The summed E-state index contributed by atoms with van der Waals surface area (Å²) >= 11 is 5.65. The molecule has 1 aliphatic heterocycles. The van der Waals surface area contributed by atoms with Crippen LogP contribution in [0.15, 0.2) is 91.3 Å². The fraction of sp³-hybridized carbons (Fsp3) is 0.0833. The van der Waals surface area contributed by atoms with Crippen molar-refractivity contribution in [3.63, 3.8) is 0 Å². The highest BCUT2D eigenvalue weighted by molar-refractivity contribution is 7.80. The molecule has 0 spiro atoms. The molecule has 33 heavy (non-hydrogen) atoms. The van der Waals surface area contributed by atoms with Gasteiger partial charge in [-0.1, -0.05) is 24.3 Å². The largest absolute Gasteiger partial charge is 0.351 e. The van der Waals surface area contributed by atoms with E-state index in [4.69, 9.17) is 12.2 Å². The standard InChI is InChI=1S/C24H18FN5O2S/c25-18-9-1-2-11-20(18)29-23(22(27-24(29)33)19-10-3-4-13-26-19)21-12-6-14-28(21)16-7-5-8-17(15-16)30(31)32/h1-15,22-23H,(H,27,33)/t22-,23-/m1/s1. The summed E-state index contributed by atoms with van der Waals surface area (Å²) in [5, 5.41) is 15.0. The van der Waals surface area contributed by atoms with Crippen molar-refractivity contribution in [2.24, 2.45) is 0 Å². The van der Waals surface area contributed by atoms with Gasteiger partial charge in [-0.3, -0.25) is 15.1 Å². The maximum atomic E-state index is 14.9. The predicted octanol–water partition coefficient (Wildman–Crippen LogP) is 5.10. The van der Waals surface area contributed by atoms with Crippen molar-refractivity contribution in [1.29, 1.82) is 0 Å². The van der Waals surface area contributed by atoms with Crippen LogP contribution in [0.4, 0.5) is 15.8 Å². The number of aromatic nitrogens is 2. The summed E-state index contributed by atoms with van der Waals surface area (Å²) in [6, 6.07) is 21.4. The summed E-state index contributed by atoms with van der Waals surface area (Å²) in [7, 11) is 0. The highest BCUT2D eigenvalue weighted by atomic mass is 32.1. The Balaban J connectivity index is 1.68. The fourth-order valence-electron chi connectivity index (χ4n) is 4.19. The van der Waals surface area contributed by atoms with Crippen LogP contribution in [-0.2, 0) is 0 Å². The molecule has 2 atom stereocenters. The number of thiocarbonyl (C=S) groups is 1. The van der Waals surface area contributed by atoms with E-state index in [-0.39, 0.29) is 11.7 Å². The second kappa shape index (κ2) is 8.44. The van der Waals surface area contributed by atoms with E-state index < -0.39 is 16.8 Å². The van der Waals surface area contributed by atoms with Gasteiger partial charge in [-0.25, -0.2) is 4.39 Å². The molecule has 2 aromatic carbocycles. The van der Waals surface area contributed by atoms with E-state index in [1.807, 2.05) is 41.1 Å². The molecule has 2 aromatic heterocycles. The summed E-state index contributed by atoms with van der Waals surface area (Å²) in [5.74, 6) is -0.401. The zero-order chi connectivity index (χ0) is 22.9. The highest BCUT2D eigenvalue weighted by Gasteiger charge is 2.43. The van der Waals surface area contributed by atoms with Gasteiger partial charge in [0.1, 0.15) is 11.9 Å². The lowest BCUT2D eigenvalue weighted by molar-refractivity contribution is -0.384. The number of para-hydroxylation sites is 1. The van der Waals surface area contributed by atoms with Gasteiger partial charge in [0.15, 0.2) is 5.11 Å². The number of halogens is 1. The van der Waals surface area contributed by atoms with Crippen LogP contribution in [-0.4, -0.2) is 19.6 Å². The van der Waals surface area contributed by atoms with E-state index in [0.29, 0.717) is 16.5 Å². The van der Waals surface area contributed by atoms with Crippen molar-refractivity contribution in [1.82, 2.24) is 14.9 Å². The number of nitro benzene ring substituents is 1. The summed E-state index contributed by atoms with van der Waals surface area (Å²) in [6.45, 7) is 0. The molecule has 9 heteroatoms. The molecule has 0 bridgehead atoms. The molecule has 5 rings (SSSR count). The Morgan fingerprint density at radius 2 is 1.85 bits per heavy atom. The predicted molar refractivity (Wildman–Crippen MR) is 127 cm³/mol. The third-order valence-electron chi connectivity index (χ3n) is 5.61. The molecule has 0 amide bonds. The number of anilines is 1. The molecule has 0 aliphatic carbocycles. The number of nitrogens with one attached hydrogen (secondary N) is 1. The van der Waals surface area contributed by atoms with E-state index in [1.165, 1.54) is 18.2 Å². The second-order valence-corrected chi connectivity index (χ2v) is 7.91. The lowest BCUT2D eigenvalue weighted by Gasteiger charge is -2.29. The third-order valence-corrected chi connectivity index (χ3v) is 5.93. The molecular formula is C24H18FN5O2S. The first-order chi connectivity index (χ1) is 16.0. The zero-order valence-electron chi connectivity index (χ0n) is 17.2. The number of pyridine rings is 1. The summed E-state index contributed by atoms with van der Waals surface area (Å²) < 4.78 is 16.8. The molecule has 3 heterocycles. The molecule has 1 saturated heterocycles. The van der Waals surface area contributed by atoms with Crippen LogP contribution in [0.25, 0.3) is 5.69 Å². The van der Waals surface area contributed by atoms with Gasteiger partial charge in [0, 0.05) is 30.2 Å². The van der Waals surface area contributed by atoms with Crippen molar-refractivity contribution in [2.75, 3.05) is 4.90 Å². The third kappa shape index (κ3) is 3.72. The van der Waals surface area contributed by atoms with E-state index in [9.17, 15) is 14.5 Å².